The summed E-state index contributed by atoms with van der Waals surface area (Å²) in [6, 6.07) is 0. The third-order valence-corrected chi connectivity index (χ3v) is 3.56. The molecule has 0 saturated carbocycles. The Hall–Kier alpha value is -1.31. The van der Waals surface area contributed by atoms with Crippen LogP contribution < -0.4 is 0 Å². The number of ketones is 1. The van der Waals surface area contributed by atoms with E-state index in [1.54, 1.807) is 0 Å². The predicted molar refractivity (Wildman–Crippen MR) is 59.2 cm³/mol. The van der Waals surface area contributed by atoms with E-state index in [1.807, 2.05) is 0 Å². The Morgan fingerprint density at radius 2 is 2.20 bits per heavy atom. The Morgan fingerprint density at radius 3 is 3.13 bits per heavy atom. The second-order valence-corrected chi connectivity index (χ2v) is 4.50. The van der Waals surface area contributed by atoms with Gasteiger partial charge in [-0.05, 0) is 18.4 Å². The van der Waals surface area contributed by atoms with Crippen molar-refractivity contribution in [2.75, 3.05) is 13.1 Å². The van der Waals surface area contributed by atoms with Crippen LogP contribution in [0.15, 0.2) is 35.6 Å². The van der Waals surface area contributed by atoms with Gasteiger partial charge in [0.1, 0.15) is 0 Å². The predicted octanol–water partition coefficient (Wildman–Crippen LogP) is 2.05. The summed E-state index contributed by atoms with van der Waals surface area (Å²) in [7, 11) is 0. The summed E-state index contributed by atoms with van der Waals surface area (Å²) in [5, 5.41) is 0. The van der Waals surface area contributed by atoms with Crippen LogP contribution >= 0.6 is 0 Å². The van der Waals surface area contributed by atoms with Crippen molar-refractivity contribution in [3.05, 3.63) is 35.6 Å². The normalized spacial score (nSPS) is 29.2. The Morgan fingerprint density at radius 1 is 1.27 bits per heavy atom. The fraction of sp³-hybridized carbons (Fsp3) is 0.462. The summed E-state index contributed by atoms with van der Waals surface area (Å²) < 4.78 is 0. The average Bonchev–Trinajstić information content (AvgIpc) is 2.28. The van der Waals surface area contributed by atoms with E-state index >= 15 is 0 Å². The maximum absolute atomic E-state index is 11.4. The molecule has 0 aromatic carbocycles. The molecule has 3 aliphatic rings. The quantitative estimate of drug-likeness (QED) is 0.598. The molecule has 1 fully saturated rings. The Bertz CT molecular complexity index is 389. The molecule has 15 heavy (non-hydrogen) atoms. The number of fused-ring (bicyclic) bond motifs is 2. The highest BCUT2D eigenvalue weighted by molar-refractivity contribution is 5.82. The summed E-state index contributed by atoms with van der Waals surface area (Å²) in [6.45, 7) is 1.69. The first-order chi connectivity index (χ1) is 7.34. The van der Waals surface area contributed by atoms with E-state index in [0.29, 0.717) is 18.2 Å². The molecule has 1 saturated heterocycles. The molecule has 0 bridgehead atoms. The topological polar surface area (TPSA) is 20.3 Å². The van der Waals surface area contributed by atoms with Crippen LogP contribution in [0.1, 0.15) is 19.3 Å². The van der Waals surface area contributed by atoms with E-state index < -0.39 is 0 Å². The van der Waals surface area contributed by atoms with Crippen molar-refractivity contribution in [3.8, 4) is 0 Å². The minimum atomic E-state index is 0.396. The molecule has 78 valence electrons. The molecule has 1 aliphatic carbocycles. The lowest BCUT2D eigenvalue weighted by Gasteiger charge is -2.39. The SMILES string of the molecule is O=C1CCC2=C3C=CC=CC3CCN2C1. The lowest BCUT2D eigenvalue weighted by atomic mass is 9.84. The van der Waals surface area contributed by atoms with Crippen LogP contribution in [-0.4, -0.2) is 23.8 Å². The number of carbonyl (C=O) groups excluding carboxylic acids is 1. The van der Waals surface area contributed by atoms with Gasteiger partial charge in [0, 0.05) is 24.6 Å². The molecule has 1 unspecified atom stereocenters. The van der Waals surface area contributed by atoms with Gasteiger partial charge in [0.2, 0.25) is 0 Å². The van der Waals surface area contributed by atoms with E-state index in [1.165, 1.54) is 11.3 Å². The molecular formula is C13H15NO. The van der Waals surface area contributed by atoms with Gasteiger partial charge >= 0.3 is 0 Å². The minimum Gasteiger partial charge on any atom is -0.367 e. The summed E-state index contributed by atoms with van der Waals surface area (Å²) in [4.78, 5) is 13.7. The number of piperidine rings is 1. The van der Waals surface area contributed by atoms with Gasteiger partial charge in [-0.3, -0.25) is 4.79 Å². The number of Topliss-reactive ketones (excluding diaryl/α,β-unsaturated/α-hetero) is 1. The van der Waals surface area contributed by atoms with Crippen molar-refractivity contribution in [1.82, 2.24) is 4.90 Å². The number of nitrogens with zero attached hydrogens (tertiary/aromatic N) is 1. The first-order valence-corrected chi connectivity index (χ1v) is 5.69. The largest absolute Gasteiger partial charge is 0.367 e. The van der Waals surface area contributed by atoms with E-state index in [9.17, 15) is 4.79 Å². The minimum absolute atomic E-state index is 0.396. The molecular weight excluding hydrogens is 186 g/mol. The van der Waals surface area contributed by atoms with Crippen molar-refractivity contribution in [2.45, 2.75) is 19.3 Å². The fourth-order valence-electron chi connectivity index (χ4n) is 2.79. The second-order valence-electron chi connectivity index (χ2n) is 4.50. The Balaban J connectivity index is 1.98. The zero-order chi connectivity index (χ0) is 10.3. The van der Waals surface area contributed by atoms with Crippen LogP contribution in [0.3, 0.4) is 0 Å². The van der Waals surface area contributed by atoms with Crippen LogP contribution in [-0.2, 0) is 4.79 Å². The lowest BCUT2D eigenvalue weighted by molar-refractivity contribution is -0.121. The average molecular weight is 201 g/mol. The second kappa shape index (κ2) is 3.37. The first-order valence-electron chi connectivity index (χ1n) is 5.69. The van der Waals surface area contributed by atoms with E-state index in [-0.39, 0.29) is 0 Å². The zero-order valence-electron chi connectivity index (χ0n) is 8.78. The maximum atomic E-state index is 11.4. The van der Waals surface area contributed by atoms with E-state index in [0.717, 1.165) is 25.8 Å². The highest BCUT2D eigenvalue weighted by Gasteiger charge is 2.29. The molecule has 2 aliphatic heterocycles. The molecule has 0 amide bonds. The van der Waals surface area contributed by atoms with Crippen LogP contribution in [0, 0.1) is 5.92 Å². The van der Waals surface area contributed by atoms with Crippen molar-refractivity contribution >= 4 is 5.78 Å². The molecule has 2 heteroatoms. The summed E-state index contributed by atoms with van der Waals surface area (Å²) >= 11 is 0. The number of allylic oxidation sites excluding steroid dienone is 6. The highest BCUT2D eigenvalue weighted by Crippen LogP contribution is 2.35. The van der Waals surface area contributed by atoms with Gasteiger partial charge in [-0.1, -0.05) is 24.3 Å². The number of hydrogen-bond donors (Lipinski definition) is 0. The van der Waals surface area contributed by atoms with E-state index in [2.05, 4.69) is 29.2 Å². The maximum Gasteiger partial charge on any atom is 0.152 e. The van der Waals surface area contributed by atoms with Gasteiger partial charge in [0.05, 0.1) is 6.54 Å². The number of rotatable bonds is 0. The van der Waals surface area contributed by atoms with Crippen molar-refractivity contribution in [2.24, 2.45) is 5.92 Å². The smallest absolute Gasteiger partial charge is 0.152 e. The van der Waals surface area contributed by atoms with Gasteiger partial charge in [-0.15, -0.1) is 0 Å². The molecule has 0 aromatic heterocycles. The number of carbonyl (C=O) groups is 1. The molecule has 0 N–H and O–H groups in total. The molecule has 0 radical (unpaired) electrons. The summed E-state index contributed by atoms with van der Waals surface area (Å²) in [5.41, 5.74) is 2.88. The molecule has 0 spiro atoms. The number of hydrogen-bond acceptors (Lipinski definition) is 2. The third-order valence-electron chi connectivity index (χ3n) is 3.56. The zero-order valence-corrected chi connectivity index (χ0v) is 8.78. The Labute approximate surface area is 90.0 Å². The Kier molecular flexibility index (Phi) is 2.01. The van der Waals surface area contributed by atoms with Gasteiger partial charge < -0.3 is 4.90 Å². The van der Waals surface area contributed by atoms with Crippen molar-refractivity contribution < 1.29 is 4.79 Å². The highest BCUT2D eigenvalue weighted by atomic mass is 16.1. The molecule has 0 aromatic rings. The van der Waals surface area contributed by atoms with E-state index in [4.69, 9.17) is 0 Å². The van der Waals surface area contributed by atoms with Crippen LogP contribution in [0.5, 0.6) is 0 Å². The molecule has 1 atom stereocenters. The van der Waals surface area contributed by atoms with Crippen LogP contribution in [0.25, 0.3) is 0 Å². The van der Waals surface area contributed by atoms with Crippen molar-refractivity contribution in [3.63, 3.8) is 0 Å². The molecule has 2 heterocycles. The van der Waals surface area contributed by atoms with Gasteiger partial charge in [-0.25, -0.2) is 0 Å². The van der Waals surface area contributed by atoms with Crippen LogP contribution in [0.4, 0.5) is 0 Å². The third kappa shape index (κ3) is 1.44. The van der Waals surface area contributed by atoms with Gasteiger partial charge in [0.15, 0.2) is 5.78 Å². The van der Waals surface area contributed by atoms with Gasteiger partial charge in [-0.2, -0.15) is 0 Å². The molecule has 3 rings (SSSR count). The fourth-order valence-corrected chi connectivity index (χ4v) is 2.79. The standard InChI is InChI=1S/C13H15NO/c15-11-5-6-13-12-4-2-1-3-10(12)7-8-14(13)9-11/h1-4,10H,5-9H2. The lowest BCUT2D eigenvalue weighted by Crippen LogP contribution is -2.39. The first kappa shape index (κ1) is 8.96. The van der Waals surface area contributed by atoms with Crippen LogP contribution in [0.2, 0.25) is 0 Å². The summed E-state index contributed by atoms with van der Waals surface area (Å²) in [5.74, 6) is 1.00. The molecule has 2 nitrogen and oxygen atoms in total. The monoisotopic (exact) mass is 201 g/mol. The summed E-state index contributed by atoms with van der Waals surface area (Å²) in [6.07, 6.45) is 11.6. The van der Waals surface area contributed by atoms with Gasteiger partial charge in [0.25, 0.3) is 0 Å². The van der Waals surface area contributed by atoms with Crippen molar-refractivity contribution in [1.29, 1.82) is 0 Å².